The van der Waals surface area contributed by atoms with Crippen molar-refractivity contribution >= 4 is 17.9 Å². The molecular formula is C61H88O6. The molecule has 0 bridgehead atoms. The zero-order chi connectivity index (χ0) is 48.6. The van der Waals surface area contributed by atoms with Crippen molar-refractivity contribution in [3.05, 3.63) is 182 Å². The van der Waals surface area contributed by atoms with Crippen molar-refractivity contribution in [3.8, 4) is 0 Å². The monoisotopic (exact) mass is 917 g/mol. The van der Waals surface area contributed by atoms with Crippen LogP contribution in [0.1, 0.15) is 162 Å². The van der Waals surface area contributed by atoms with E-state index in [0.29, 0.717) is 19.3 Å². The molecule has 0 amide bonds. The lowest BCUT2D eigenvalue weighted by Gasteiger charge is -2.18. The van der Waals surface area contributed by atoms with Gasteiger partial charge in [-0.3, -0.25) is 14.4 Å². The summed E-state index contributed by atoms with van der Waals surface area (Å²) in [5.41, 5.74) is 0. The Balaban J connectivity index is 4.71. The van der Waals surface area contributed by atoms with E-state index in [1.807, 2.05) is 128 Å². The lowest BCUT2D eigenvalue weighted by Crippen LogP contribution is -2.30. The van der Waals surface area contributed by atoms with E-state index in [-0.39, 0.29) is 44.4 Å². The SMILES string of the molecule is CC\C=C/C=C\C=C/C=C\C=C/CCCC(=O)OCC(COC(=O)CCCCC\C=C/C=C\C=C\C=C/C=C\C=C/C=C\CC)OC(=O)CCC/C=C\C/C=C\C/C=C\CCCCCCCC. The Morgan fingerprint density at radius 3 is 1.12 bits per heavy atom. The molecule has 67 heavy (non-hydrogen) atoms. The first-order chi connectivity index (χ1) is 33.0. The molecule has 368 valence electrons. The largest absolute Gasteiger partial charge is 0.462 e. The van der Waals surface area contributed by atoms with Gasteiger partial charge >= 0.3 is 17.9 Å². The third-order valence-electron chi connectivity index (χ3n) is 9.70. The fourth-order valence-electron chi connectivity index (χ4n) is 5.94. The fraction of sp³-hybridized carbons (Fsp3) is 0.459. The smallest absolute Gasteiger partial charge is 0.306 e. The Kier molecular flexibility index (Phi) is 48.8. The molecule has 0 aromatic carbocycles. The van der Waals surface area contributed by atoms with E-state index < -0.39 is 12.1 Å². The third kappa shape index (κ3) is 51.4. The summed E-state index contributed by atoms with van der Waals surface area (Å²) in [7, 11) is 0. The van der Waals surface area contributed by atoms with Crippen LogP contribution in [0.4, 0.5) is 0 Å². The molecular weight excluding hydrogens is 829 g/mol. The van der Waals surface area contributed by atoms with E-state index in [2.05, 4.69) is 75.5 Å². The van der Waals surface area contributed by atoms with Gasteiger partial charge in [-0.1, -0.05) is 242 Å². The van der Waals surface area contributed by atoms with E-state index in [0.717, 1.165) is 64.2 Å². The van der Waals surface area contributed by atoms with Crippen molar-refractivity contribution in [1.29, 1.82) is 0 Å². The van der Waals surface area contributed by atoms with Gasteiger partial charge < -0.3 is 14.2 Å². The van der Waals surface area contributed by atoms with Crippen LogP contribution in [0.5, 0.6) is 0 Å². The average Bonchev–Trinajstić information content (AvgIpc) is 3.33. The number of carbonyl (C=O) groups excluding carboxylic acids is 3. The van der Waals surface area contributed by atoms with Crippen molar-refractivity contribution in [2.75, 3.05) is 13.2 Å². The Bertz CT molecular complexity index is 1670. The minimum atomic E-state index is -0.863. The maximum Gasteiger partial charge on any atom is 0.306 e. The molecule has 6 nitrogen and oxygen atoms in total. The van der Waals surface area contributed by atoms with Crippen molar-refractivity contribution in [2.45, 2.75) is 168 Å². The minimum absolute atomic E-state index is 0.155. The van der Waals surface area contributed by atoms with Crippen LogP contribution < -0.4 is 0 Å². The highest BCUT2D eigenvalue weighted by molar-refractivity contribution is 5.71. The van der Waals surface area contributed by atoms with Gasteiger partial charge in [0.1, 0.15) is 13.2 Å². The summed E-state index contributed by atoms with van der Waals surface area (Å²) in [6.07, 6.45) is 80.3. The zero-order valence-electron chi connectivity index (χ0n) is 41.8. The molecule has 0 rings (SSSR count). The van der Waals surface area contributed by atoms with Gasteiger partial charge in [0.2, 0.25) is 0 Å². The first-order valence-corrected chi connectivity index (χ1v) is 25.5. The predicted octanol–water partition coefficient (Wildman–Crippen LogP) is 17.0. The van der Waals surface area contributed by atoms with Crippen LogP contribution in [0, 0.1) is 0 Å². The first-order valence-electron chi connectivity index (χ1n) is 25.5. The van der Waals surface area contributed by atoms with E-state index in [9.17, 15) is 14.4 Å². The highest BCUT2D eigenvalue weighted by atomic mass is 16.6. The van der Waals surface area contributed by atoms with Crippen molar-refractivity contribution in [1.82, 2.24) is 0 Å². The van der Waals surface area contributed by atoms with Crippen molar-refractivity contribution in [3.63, 3.8) is 0 Å². The van der Waals surface area contributed by atoms with Crippen molar-refractivity contribution < 1.29 is 28.6 Å². The summed E-state index contributed by atoms with van der Waals surface area (Å²) >= 11 is 0. The third-order valence-corrected chi connectivity index (χ3v) is 9.70. The quantitative estimate of drug-likeness (QED) is 0.0200. The molecule has 0 saturated carbocycles. The van der Waals surface area contributed by atoms with Gasteiger partial charge in [-0.25, -0.2) is 0 Å². The molecule has 0 aliphatic carbocycles. The topological polar surface area (TPSA) is 78.9 Å². The molecule has 0 aromatic heterocycles. The van der Waals surface area contributed by atoms with Gasteiger partial charge in [0.15, 0.2) is 6.10 Å². The molecule has 0 radical (unpaired) electrons. The van der Waals surface area contributed by atoms with E-state index >= 15 is 0 Å². The van der Waals surface area contributed by atoms with Gasteiger partial charge in [0, 0.05) is 19.3 Å². The van der Waals surface area contributed by atoms with Crippen LogP contribution in [-0.4, -0.2) is 37.2 Å². The number of allylic oxidation sites excluding steroid dienone is 30. The fourth-order valence-corrected chi connectivity index (χ4v) is 5.94. The first kappa shape index (κ1) is 61.5. The Labute approximate surface area is 408 Å². The summed E-state index contributed by atoms with van der Waals surface area (Å²) in [5, 5.41) is 0. The number of hydrogen-bond donors (Lipinski definition) is 0. The second kappa shape index (κ2) is 53.1. The van der Waals surface area contributed by atoms with Crippen LogP contribution in [0.2, 0.25) is 0 Å². The molecule has 0 fully saturated rings. The maximum atomic E-state index is 12.8. The highest BCUT2D eigenvalue weighted by Crippen LogP contribution is 2.10. The standard InChI is InChI=1S/C61H88O6/c1-4-7-10-13-16-19-22-25-27-29-30-32-33-36-39-42-45-48-51-54-60(63)66-57-58(56-65-59(62)53-50-47-44-41-38-35-24-21-18-15-12-9-6-3)67-61(64)55-52-49-46-43-40-37-34-31-28-26-23-20-17-14-11-8-5-2/h7,9-10,12-13,15-16,18-19,21-22,24-30,32-39,41,43-44,46,58H,4-6,8,11,14,17,20,23,31,40,42,45,47-57H2,1-3H3/b10-7-,12-9-,16-13-,18-15-,22-19-,24-21-,27-25-,28-26-,30-29+,33-32-,37-34-,38-35-,39-36-,44-41-,46-43-. The van der Waals surface area contributed by atoms with Gasteiger partial charge in [-0.2, -0.15) is 0 Å². The molecule has 1 unspecified atom stereocenters. The molecule has 0 spiro atoms. The Hall–Kier alpha value is -5.49. The van der Waals surface area contributed by atoms with E-state index in [1.54, 1.807) is 0 Å². The molecule has 1 atom stereocenters. The number of ether oxygens (including phenoxy) is 3. The lowest BCUT2D eigenvalue weighted by atomic mass is 10.1. The van der Waals surface area contributed by atoms with Crippen LogP contribution in [0.15, 0.2) is 182 Å². The molecule has 0 aliphatic heterocycles. The molecule has 0 saturated heterocycles. The summed E-state index contributed by atoms with van der Waals surface area (Å²) in [5.74, 6) is -1.14. The second-order valence-electron chi connectivity index (χ2n) is 15.9. The van der Waals surface area contributed by atoms with Gasteiger partial charge in [-0.05, 0) is 83.5 Å². The lowest BCUT2D eigenvalue weighted by molar-refractivity contribution is -0.167. The molecule has 0 N–H and O–H groups in total. The van der Waals surface area contributed by atoms with Crippen LogP contribution >= 0.6 is 0 Å². The van der Waals surface area contributed by atoms with Gasteiger partial charge in [0.25, 0.3) is 0 Å². The number of unbranched alkanes of at least 4 members (excludes halogenated alkanes) is 11. The van der Waals surface area contributed by atoms with Gasteiger partial charge in [0.05, 0.1) is 0 Å². The molecule has 0 aromatic rings. The van der Waals surface area contributed by atoms with Crippen LogP contribution in [-0.2, 0) is 28.6 Å². The predicted molar refractivity (Wildman–Crippen MR) is 287 cm³/mol. The normalized spacial score (nSPS) is 13.7. The highest BCUT2D eigenvalue weighted by Gasteiger charge is 2.19. The number of rotatable bonds is 42. The van der Waals surface area contributed by atoms with E-state index in [1.165, 1.54) is 38.5 Å². The number of hydrogen-bond acceptors (Lipinski definition) is 6. The molecule has 0 aliphatic rings. The van der Waals surface area contributed by atoms with Crippen LogP contribution in [0.25, 0.3) is 0 Å². The Morgan fingerprint density at radius 2 is 0.657 bits per heavy atom. The number of esters is 3. The average molecular weight is 917 g/mol. The van der Waals surface area contributed by atoms with E-state index in [4.69, 9.17) is 14.2 Å². The summed E-state index contributed by atoms with van der Waals surface area (Å²) < 4.78 is 16.6. The van der Waals surface area contributed by atoms with Crippen LogP contribution in [0.3, 0.4) is 0 Å². The van der Waals surface area contributed by atoms with Gasteiger partial charge in [-0.15, -0.1) is 0 Å². The summed E-state index contributed by atoms with van der Waals surface area (Å²) in [6, 6.07) is 0. The molecule has 6 heteroatoms. The van der Waals surface area contributed by atoms with Crippen molar-refractivity contribution in [2.24, 2.45) is 0 Å². The number of carbonyl (C=O) groups is 3. The summed E-state index contributed by atoms with van der Waals surface area (Å²) in [4.78, 5) is 37.9. The second-order valence-corrected chi connectivity index (χ2v) is 15.9. The maximum absolute atomic E-state index is 12.8. The zero-order valence-corrected chi connectivity index (χ0v) is 41.8. The Morgan fingerprint density at radius 1 is 0.328 bits per heavy atom. The minimum Gasteiger partial charge on any atom is -0.462 e. The molecule has 0 heterocycles. The summed E-state index contributed by atoms with van der Waals surface area (Å²) in [6.45, 7) is 6.15.